The first kappa shape index (κ1) is 12.3. The molecule has 1 aromatic heterocycles. The van der Waals surface area contributed by atoms with Crippen LogP contribution in [0, 0.1) is 19.3 Å². The summed E-state index contributed by atoms with van der Waals surface area (Å²) in [4.78, 5) is 2.81. The summed E-state index contributed by atoms with van der Waals surface area (Å²) >= 11 is 1.87. The third-order valence-electron chi connectivity index (χ3n) is 2.40. The average molecular weight is 221 g/mol. The van der Waals surface area contributed by atoms with Gasteiger partial charge in [-0.1, -0.05) is 12.8 Å². The van der Waals surface area contributed by atoms with Crippen molar-refractivity contribution in [1.82, 2.24) is 5.32 Å². The highest BCUT2D eigenvalue weighted by Gasteiger charge is 2.08. The van der Waals surface area contributed by atoms with E-state index in [2.05, 4.69) is 44.1 Å². The lowest BCUT2D eigenvalue weighted by Gasteiger charge is -2.17. The van der Waals surface area contributed by atoms with Gasteiger partial charge in [0.2, 0.25) is 0 Å². The van der Waals surface area contributed by atoms with Crippen LogP contribution in [0.2, 0.25) is 0 Å². The van der Waals surface area contributed by atoms with Crippen LogP contribution < -0.4 is 5.32 Å². The third-order valence-corrected chi connectivity index (χ3v) is 3.42. The molecule has 1 rings (SSSR count). The van der Waals surface area contributed by atoms with Gasteiger partial charge >= 0.3 is 0 Å². The summed E-state index contributed by atoms with van der Waals surface area (Å²) in [6, 6.07) is 5.03. The summed E-state index contributed by atoms with van der Waals surface area (Å²) < 4.78 is 0. The molecule has 0 aliphatic rings. The SMILES string of the molecule is C#CC(CC)NC(C)Cc1ccc(C)s1. The van der Waals surface area contributed by atoms with E-state index >= 15 is 0 Å². The molecule has 0 radical (unpaired) electrons. The van der Waals surface area contributed by atoms with E-state index < -0.39 is 0 Å². The van der Waals surface area contributed by atoms with E-state index in [0.29, 0.717) is 6.04 Å². The number of rotatable bonds is 5. The van der Waals surface area contributed by atoms with Crippen LogP contribution in [0.5, 0.6) is 0 Å². The Kier molecular flexibility index (Phi) is 4.87. The van der Waals surface area contributed by atoms with Crippen LogP contribution in [0.15, 0.2) is 12.1 Å². The van der Waals surface area contributed by atoms with Crippen molar-refractivity contribution in [2.24, 2.45) is 0 Å². The summed E-state index contributed by atoms with van der Waals surface area (Å²) in [5.41, 5.74) is 0. The number of nitrogens with one attached hydrogen (secondary N) is 1. The maximum absolute atomic E-state index is 5.42. The molecule has 0 spiro atoms. The predicted molar refractivity (Wildman–Crippen MR) is 68.3 cm³/mol. The van der Waals surface area contributed by atoms with Crippen molar-refractivity contribution in [1.29, 1.82) is 0 Å². The minimum absolute atomic E-state index is 0.209. The largest absolute Gasteiger partial charge is 0.301 e. The van der Waals surface area contributed by atoms with E-state index in [-0.39, 0.29) is 6.04 Å². The molecule has 0 saturated carbocycles. The van der Waals surface area contributed by atoms with E-state index in [0.717, 1.165) is 12.8 Å². The highest BCUT2D eigenvalue weighted by Crippen LogP contribution is 2.16. The molecule has 0 aliphatic carbocycles. The van der Waals surface area contributed by atoms with E-state index in [9.17, 15) is 0 Å². The minimum Gasteiger partial charge on any atom is -0.301 e. The monoisotopic (exact) mass is 221 g/mol. The Bertz CT molecular complexity index is 335. The Morgan fingerprint density at radius 1 is 1.53 bits per heavy atom. The van der Waals surface area contributed by atoms with Gasteiger partial charge in [0.25, 0.3) is 0 Å². The molecule has 1 heterocycles. The zero-order valence-corrected chi connectivity index (χ0v) is 10.5. The summed E-state index contributed by atoms with van der Waals surface area (Å²) in [7, 11) is 0. The summed E-state index contributed by atoms with van der Waals surface area (Å²) in [6.45, 7) is 6.44. The van der Waals surface area contributed by atoms with Crippen LogP contribution in [0.25, 0.3) is 0 Å². The van der Waals surface area contributed by atoms with Gasteiger partial charge in [-0.25, -0.2) is 0 Å². The fourth-order valence-electron chi connectivity index (χ4n) is 1.58. The average Bonchev–Trinajstić information content (AvgIpc) is 2.60. The van der Waals surface area contributed by atoms with Gasteiger partial charge in [0.15, 0.2) is 0 Å². The number of thiophene rings is 1. The van der Waals surface area contributed by atoms with Crippen molar-refractivity contribution >= 4 is 11.3 Å². The zero-order chi connectivity index (χ0) is 11.3. The van der Waals surface area contributed by atoms with E-state index in [4.69, 9.17) is 6.42 Å². The first-order valence-corrected chi connectivity index (χ1v) is 6.24. The standard InChI is InChI=1S/C13H19NS/c1-5-12(6-2)14-10(3)9-13-8-7-11(4)15-13/h1,7-8,10,12,14H,6,9H2,2-4H3. The highest BCUT2D eigenvalue weighted by atomic mass is 32.1. The van der Waals surface area contributed by atoms with Gasteiger partial charge in [0.05, 0.1) is 6.04 Å². The Hall–Kier alpha value is -0.780. The molecule has 15 heavy (non-hydrogen) atoms. The molecule has 0 aromatic carbocycles. The topological polar surface area (TPSA) is 12.0 Å². The van der Waals surface area contributed by atoms with E-state index in [1.807, 2.05) is 11.3 Å². The van der Waals surface area contributed by atoms with Crippen molar-refractivity contribution in [2.75, 3.05) is 0 Å². The maximum Gasteiger partial charge on any atom is 0.0686 e. The first-order chi connectivity index (χ1) is 7.15. The quantitative estimate of drug-likeness (QED) is 0.754. The van der Waals surface area contributed by atoms with Gasteiger partial charge in [-0.15, -0.1) is 17.8 Å². The molecule has 82 valence electrons. The van der Waals surface area contributed by atoms with Gasteiger partial charge in [-0.2, -0.15) is 0 Å². The molecular weight excluding hydrogens is 202 g/mol. The molecule has 2 unspecified atom stereocenters. The molecule has 0 aliphatic heterocycles. The van der Waals surface area contributed by atoms with Crippen molar-refractivity contribution in [3.8, 4) is 12.3 Å². The lowest BCUT2D eigenvalue weighted by atomic mass is 10.1. The predicted octanol–water partition coefficient (Wildman–Crippen LogP) is 2.99. The summed E-state index contributed by atoms with van der Waals surface area (Å²) in [6.07, 6.45) is 7.48. The molecule has 0 amide bonds. The maximum atomic E-state index is 5.42. The normalized spacial score (nSPS) is 14.5. The fourth-order valence-corrected chi connectivity index (χ4v) is 2.60. The van der Waals surface area contributed by atoms with Crippen LogP contribution in [0.3, 0.4) is 0 Å². The molecule has 2 heteroatoms. The summed E-state index contributed by atoms with van der Waals surface area (Å²) in [5.74, 6) is 2.77. The van der Waals surface area contributed by atoms with Crippen LogP contribution >= 0.6 is 11.3 Å². The smallest absolute Gasteiger partial charge is 0.0686 e. The summed E-state index contributed by atoms with van der Waals surface area (Å²) in [5, 5.41) is 3.44. The molecule has 1 nitrogen and oxygen atoms in total. The number of terminal acetylenes is 1. The number of hydrogen-bond acceptors (Lipinski definition) is 2. The van der Waals surface area contributed by atoms with Crippen LogP contribution in [0.4, 0.5) is 0 Å². The van der Waals surface area contributed by atoms with Gasteiger partial charge in [0.1, 0.15) is 0 Å². The highest BCUT2D eigenvalue weighted by molar-refractivity contribution is 7.11. The van der Waals surface area contributed by atoms with Crippen molar-refractivity contribution in [3.05, 3.63) is 21.9 Å². The van der Waals surface area contributed by atoms with Gasteiger partial charge in [-0.3, -0.25) is 0 Å². The van der Waals surface area contributed by atoms with E-state index in [1.165, 1.54) is 9.75 Å². The molecule has 0 fully saturated rings. The number of hydrogen-bond donors (Lipinski definition) is 1. The minimum atomic E-state index is 0.209. The van der Waals surface area contributed by atoms with E-state index in [1.54, 1.807) is 0 Å². The second kappa shape index (κ2) is 5.95. The van der Waals surface area contributed by atoms with Crippen LogP contribution in [-0.4, -0.2) is 12.1 Å². The Labute approximate surface area is 96.9 Å². The lowest BCUT2D eigenvalue weighted by molar-refractivity contribution is 0.495. The molecular formula is C13H19NS. The zero-order valence-electron chi connectivity index (χ0n) is 9.71. The van der Waals surface area contributed by atoms with Gasteiger partial charge in [0, 0.05) is 15.8 Å². The van der Waals surface area contributed by atoms with Crippen molar-refractivity contribution in [3.63, 3.8) is 0 Å². The molecule has 0 saturated heterocycles. The molecule has 1 aromatic rings. The number of aryl methyl sites for hydroxylation is 1. The molecule has 1 N–H and O–H groups in total. The Morgan fingerprint density at radius 3 is 2.73 bits per heavy atom. The van der Waals surface area contributed by atoms with Gasteiger partial charge in [-0.05, 0) is 38.8 Å². The van der Waals surface area contributed by atoms with Gasteiger partial charge < -0.3 is 5.32 Å². The molecule has 2 atom stereocenters. The second-order valence-electron chi connectivity index (χ2n) is 3.91. The molecule has 0 bridgehead atoms. The lowest BCUT2D eigenvalue weighted by Crippen LogP contribution is -2.36. The first-order valence-electron chi connectivity index (χ1n) is 5.43. The third kappa shape index (κ3) is 4.07. The van der Waals surface area contributed by atoms with Crippen LogP contribution in [-0.2, 0) is 6.42 Å². The fraction of sp³-hybridized carbons (Fsp3) is 0.538. The van der Waals surface area contributed by atoms with Crippen molar-refractivity contribution in [2.45, 2.75) is 45.7 Å². The Balaban J connectivity index is 2.42. The van der Waals surface area contributed by atoms with Crippen molar-refractivity contribution < 1.29 is 0 Å². The van der Waals surface area contributed by atoms with Crippen LogP contribution in [0.1, 0.15) is 30.0 Å². The Morgan fingerprint density at radius 2 is 2.27 bits per heavy atom. The second-order valence-corrected chi connectivity index (χ2v) is 5.28.